The molecule has 0 spiro atoms. The zero-order valence-electron chi connectivity index (χ0n) is 14.7. The summed E-state index contributed by atoms with van der Waals surface area (Å²) in [6.07, 6.45) is 3.01. The fraction of sp³-hybridized carbons (Fsp3) is 0.333. The molecule has 1 aliphatic rings. The maximum atomic E-state index is 12.5. The lowest BCUT2D eigenvalue weighted by Crippen LogP contribution is -2.36. The highest BCUT2D eigenvalue weighted by Gasteiger charge is 2.20. The van der Waals surface area contributed by atoms with Crippen molar-refractivity contribution in [3.8, 4) is 0 Å². The molecule has 0 unspecified atom stereocenters. The number of aryl methyl sites for hydroxylation is 2. The summed E-state index contributed by atoms with van der Waals surface area (Å²) in [5.74, 6) is -0.703. The molecule has 0 radical (unpaired) electrons. The molecule has 1 saturated heterocycles. The van der Waals surface area contributed by atoms with Gasteiger partial charge < -0.3 is 9.64 Å². The summed E-state index contributed by atoms with van der Waals surface area (Å²) in [5.41, 5.74) is 2.79. The molecule has 7 nitrogen and oxygen atoms in total. The van der Waals surface area contributed by atoms with Crippen molar-refractivity contribution < 1.29 is 17.9 Å². The predicted molar refractivity (Wildman–Crippen MR) is 97.8 cm³/mol. The molecule has 0 bridgehead atoms. The second-order valence-electron chi connectivity index (χ2n) is 6.21. The van der Waals surface area contributed by atoms with Crippen LogP contribution >= 0.6 is 0 Å². The third kappa shape index (κ3) is 4.03. The van der Waals surface area contributed by atoms with E-state index in [0.29, 0.717) is 26.3 Å². The fourth-order valence-corrected chi connectivity index (χ4v) is 3.73. The van der Waals surface area contributed by atoms with Crippen LogP contribution in [0.5, 0.6) is 0 Å². The Kier molecular flexibility index (Phi) is 5.24. The van der Waals surface area contributed by atoms with E-state index in [1.165, 1.54) is 12.3 Å². The normalized spacial score (nSPS) is 14.9. The van der Waals surface area contributed by atoms with E-state index in [-0.39, 0.29) is 10.5 Å². The molecular formula is C18H21N3O4S. The summed E-state index contributed by atoms with van der Waals surface area (Å²) in [7, 11) is -3.95. The van der Waals surface area contributed by atoms with Gasteiger partial charge in [-0.2, -0.15) is 0 Å². The lowest BCUT2D eigenvalue weighted by molar-refractivity contribution is 0.0981. The largest absolute Gasteiger partial charge is 0.378 e. The number of pyridine rings is 1. The minimum absolute atomic E-state index is 0.0613. The zero-order chi connectivity index (χ0) is 18.7. The van der Waals surface area contributed by atoms with E-state index >= 15 is 0 Å². The molecule has 1 amide bonds. The molecule has 1 aromatic carbocycles. The molecule has 1 aliphatic heterocycles. The second-order valence-corrected chi connectivity index (χ2v) is 7.89. The standard InChI is InChI=1S/C18H21N3O4S/c1-13-3-4-17(9-14(13)2)26(23,24)20-18(22)15-10-16(12-19-11-15)21-5-7-25-8-6-21/h3-4,9-12H,5-8H2,1-2H3,(H,20,22). The Hall–Kier alpha value is -2.45. The van der Waals surface area contributed by atoms with E-state index in [9.17, 15) is 13.2 Å². The van der Waals surface area contributed by atoms with Crippen LogP contribution in [0.2, 0.25) is 0 Å². The van der Waals surface area contributed by atoms with Gasteiger partial charge in [0.1, 0.15) is 0 Å². The Morgan fingerprint density at radius 2 is 1.85 bits per heavy atom. The van der Waals surface area contributed by atoms with Crippen molar-refractivity contribution in [1.82, 2.24) is 9.71 Å². The van der Waals surface area contributed by atoms with Gasteiger partial charge in [0, 0.05) is 19.3 Å². The number of carbonyl (C=O) groups is 1. The third-order valence-electron chi connectivity index (χ3n) is 4.38. The van der Waals surface area contributed by atoms with Gasteiger partial charge in [-0.1, -0.05) is 6.07 Å². The molecule has 1 fully saturated rings. The Morgan fingerprint density at radius 1 is 1.12 bits per heavy atom. The van der Waals surface area contributed by atoms with Crippen LogP contribution < -0.4 is 9.62 Å². The van der Waals surface area contributed by atoms with Gasteiger partial charge in [0.05, 0.1) is 35.6 Å². The molecule has 1 N–H and O–H groups in total. The number of benzene rings is 1. The Bertz CT molecular complexity index is 922. The van der Waals surface area contributed by atoms with Crippen LogP contribution in [0.4, 0.5) is 5.69 Å². The lowest BCUT2D eigenvalue weighted by Gasteiger charge is -2.28. The molecule has 0 aliphatic carbocycles. The number of nitrogens with zero attached hydrogens (tertiary/aromatic N) is 2. The van der Waals surface area contributed by atoms with Gasteiger partial charge in [-0.3, -0.25) is 9.78 Å². The van der Waals surface area contributed by atoms with Gasteiger partial charge in [-0.15, -0.1) is 0 Å². The zero-order valence-corrected chi connectivity index (χ0v) is 15.5. The van der Waals surface area contributed by atoms with E-state index in [4.69, 9.17) is 4.74 Å². The Balaban J connectivity index is 1.79. The van der Waals surface area contributed by atoms with Crippen molar-refractivity contribution in [3.05, 3.63) is 53.3 Å². The van der Waals surface area contributed by atoms with E-state index in [2.05, 4.69) is 9.71 Å². The van der Waals surface area contributed by atoms with Crippen molar-refractivity contribution >= 4 is 21.6 Å². The van der Waals surface area contributed by atoms with Gasteiger partial charge in [0.15, 0.2) is 0 Å². The first kappa shape index (κ1) is 18.3. The van der Waals surface area contributed by atoms with Crippen molar-refractivity contribution in [2.24, 2.45) is 0 Å². The van der Waals surface area contributed by atoms with Crippen LogP contribution in [-0.4, -0.2) is 45.6 Å². The maximum absolute atomic E-state index is 12.5. The summed E-state index contributed by atoms with van der Waals surface area (Å²) in [5, 5.41) is 0. The Morgan fingerprint density at radius 3 is 2.54 bits per heavy atom. The summed E-state index contributed by atoms with van der Waals surface area (Å²) in [4.78, 5) is 18.6. The van der Waals surface area contributed by atoms with Gasteiger partial charge >= 0.3 is 0 Å². The van der Waals surface area contributed by atoms with Crippen LogP contribution in [-0.2, 0) is 14.8 Å². The molecule has 138 valence electrons. The average molecular weight is 375 g/mol. The van der Waals surface area contributed by atoms with Crippen LogP contribution in [0.25, 0.3) is 0 Å². The number of nitrogens with one attached hydrogen (secondary N) is 1. The molecule has 2 aromatic rings. The first-order valence-corrected chi connectivity index (χ1v) is 9.77. The van der Waals surface area contributed by atoms with Gasteiger partial charge in [0.25, 0.3) is 15.9 Å². The number of amides is 1. The third-order valence-corrected chi connectivity index (χ3v) is 5.71. The topological polar surface area (TPSA) is 88.6 Å². The van der Waals surface area contributed by atoms with Gasteiger partial charge in [-0.05, 0) is 43.2 Å². The van der Waals surface area contributed by atoms with Crippen LogP contribution in [0.3, 0.4) is 0 Å². The van der Waals surface area contributed by atoms with E-state index in [0.717, 1.165) is 16.8 Å². The highest BCUT2D eigenvalue weighted by Crippen LogP contribution is 2.18. The molecule has 1 aromatic heterocycles. The minimum Gasteiger partial charge on any atom is -0.378 e. The lowest BCUT2D eigenvalue weighted by atomic mass is 10.1. The average Bonchev–Trinajstić information content (AvgIpc) is 2.64. The number of rotatable bonds is 4. The quantitative estimate of drug-likeness (QED) is 0.874. The number of hydrogen-bond donors (Lipinski definition) is 1. The molecule has 2 heterocycles. The molecule has 3 rings (SSSR count). The second kappa shape index (κ2) is 7.43. The summed E-state index contributed by atoms with van der Waals surface area (Å²) in [6, 6.07) is 6.40. The number of anilines is 1. The number of hydrogen-bond acceptors (Lipinski definition) is 6. The first-order chi connectivity index (χ1) is 12.4. The molecular weight excluding hydrogens is 354 g/mol. The number of ether oxygens (including phenoxy) is 1. The SMILES string of the molecule is Cc1ccc(S(=O)(=O)NC(=O)c2cncc(N3CCOCC3)c2)cc1C. The summed E-state index contributed by atoms with van der Waals surface area (Å²) >= 11 is 0. The van der Waals surface area contributed by atoms with Crippen molar-refractivity contribution in [2.75, 3.05) is 31.2 Å². The number of morpholine rings is 1. The highest BCUT2D eigenvalue weighted by atomic mass is 32.2. The predicted octanol–water partition coefficient (Wildman–Crippen LogP) is 1.65. The monoisotopic (exact) mass is 375 g/mol. The van der Waals surface area contributed by atoms with Crippen LogP contribution in [0, 0.1) is 13.8 Å². The summed E-state index contributed by atoms with van der Waals surface area (Å²) < 4.78 is 32.4. The van der Waals surface area contributed by atoms with Crippen LogP contribution in [0.1, 0.15) is 21.5 Å². The van der Waals surface area contributed by atoms with E-state index in [1.54, 1.807) is 24.4 Å². The smallest absolute Gasteiger partial charge is 0.266 e. The summed E-state index contributed by atoms with van der Waals surface area (Å²) in [6.45, 7) is 6.34. The molecule has 26 heavy (non-hydrogen) atoms. The van der Waals surface area contributed by atoms with Crippen LogP contribution in [0.15, 0.2) is 41.6 Å². The number of carbonyl (C=O) groups excluding carboxylic acids is 1. The van der Waals surface area contributed by atoms with E-state index in [1.807, 2.05) is 18.7 Å². The number of sulfonamides is 1. The first-order valence-electron chi connectivity index (χ1n) is 8.29. The van der Waals surface area contributed by atoms with Gasteiger partial charge in [-0.25, -0.2) is 13.1 Å². The fourth-order valence-electron chi connectivity index (χ4n) is 2.67. The van der Waals surface area contributed by atoms with Crippen molar-refractivity contribution in [2.45, 2.75) is 18.7 Å². The highest BCUT2D eigenvalue weighted by molar-refractivity contribution is 7.90. The number of aromatic nitrogens is 1. The molecule has 8 heteroatoms. The van der Waals surface area contributed by atoms with E-state index < -0.39 is 15.9 Å². The molecule has 0 atom stereocenters. The maximum Gasteiger partial charge on any atom is 0.266 e. The minimum atomic E-state index is -3.95. The van der Waals surface area contributed by atoms with Crippen molar-refractivity contribution in [1.29, 1.82) is 0 Å². The van der Waals surface area contributed by atoms with Gasteiger partial charge in [0.2, 0.25) is 0 Å². The van der Waals surface area contributed by atoms with Crippen molar-refractivity contribution in [3.63, 3.8) is 0 Å². The Labute approximate surface area is 153 Å². The molecule has 0 saturated carbocycles.